The van der Waals surface area contributed by atoms with Gasteiger partial charge in [0.05, 0.1) is 19.2 Å². The van der Waals surface area contributed by atoms with Crippen LogP contribution in [0.1, 0.15) is 74.7 Å². The average Bonchev–Trinajstić information content (AvgIpc) is 3.87. The summed E-state index contributed by atoms with van der Waals surface area (Å²) in [6.07, 6.45) is 4.25. The van der Waals surface area contributed by atoms with E-state index in [1.165, 1.54) is 0 Å². The summed E-state index contributed by atoms with van der Waals surface area (Å²) < 4.78 is 10.7. The predicted molar refractivity (Wildman–Crippen MR) is 158 cm³/mol. The van der Waals surface area contributed by atoms with Crippen LogP contribution in [0.4, 0.5) is 0 Å². The van der Waals surface area contributed by atoms with Gasteiger partial charge in [-0.2, -0.15) is 0 Å². The van der Waals surface area contributed by atoms with Crippen LogP contribution < -0.4 is 16.0 Å². The molecule has 2 aromatic rings. The van der Waals surface area contributed by atoms with Crippen LogP contribution in [0.15, 0.2) is 40.9 Å². The van der Waals surface area contributed by atoms with Crippen LogP contribution in [0, 0.1) is 11.8 Å². The topological polar surface area (TPSA) is 146 Å². The largest absolute Gasteiger partial charge is 0.361 e. The molecule has 43 heavy (non-hydrogen) atoms. The molecule has 3 heterocycles. The average molecular weight is 594 g/mol. The molecule has 1 aromatic heterocycles. The highest BCUT2D eigenvalue weighted by Crippen LogP contribution is 2.34. The van der Waals surface area contributed by atoms with Gasteiger partial charge in [0.1, 0.15) is 17.7 Å². The van der Waals surface area contributed by atoms with Crippen molar-refractivity contribution in [2.75, 3.05) is 19.7 Å². The normalized spacial score (nSPS) is 21.8. The van der Waals surface area contributed by atoms with E-state index in [9.17, 15) is 19.2 Å². The molecule has 1 aliphatic carbocycles. The summed E-state index contributed by atoms with van der Waals surface area (Å²) in [6, 6.07) is 8.44. The van der Waals surface area contributed by atoms with Gasteiger partial charge in [0.15, 0.2) is 17.2 Å². The molecule has 0 radical (unpaired) electrons. The van der Waals surface area contributed by atoms with Crippen LogP contribution >= 0.6 is 0 Å². The predicted octanol–water partition coefficient (Wildman–Crippen LogP) is 2.40. The molecule has 1 saturated carbocycles. The molecule has 1 aromatic carbocycles. The lowest BCUT2D eigenvalue weighted by Crippen LogP contribution is -2.57. The molecule has 3 aliphatic rings. The number of amides is 3. The highest BCUT2D eigenvalue weighted by atomic mass is 16.6. The maximum absolute atomic E-state index is 13.7. The molecule has 11 heteroatoms. The Hall–Kier alpha value is -3.57. The number of carbonyl (C=O) groups excluding carboxylic acids is 4. The van der Waals surface area contributed by atoms with Crippen molar-refractivity contribution in [1.82, 2.24) is 26.0 Å². The Bertz CT molecular complexity index is 1300. The fourth-order valence-electron chi connectivity index (χ4n) is 5.33. The molecule has 0 spiro atoms. The molecule has 11 nitrogen and oxygen atoms in total. The third-order valence-corrected chi connectivity index (χ3v) is 8.36. The first-order chi connectivity index (χ1) is 20.6. The molecule has 4 atom stereocenters. The van der Waals surface area contributed by atoms with Crippen molar-refractivity contribution in [3.8, 4) is 0 Å². The molecule has 2 aliphatic heterocycles. The van der Waals surface area contributed by atoms with E-state index >= 15 is 0 Å². The van der Waals surface area contributed by atoms with E-state index in [2.05, 4.69) is 26.0 Å². The summed E-state index contributed by atoms with van der Waals surface area (Å²) in [5, 5.41) is 12.6. The van der Waals surface area contributed by atoms with Crippen molar-refractivity contribution in [3.05, 3.63) is 53.4 Å². The summed E-state index contributed by atoms with van der Waals surface area (Å²) in [5.74, 6) is -0.496. The third kappa shape index (κ3) is 8.51. The van der Waals surface area contributed by atoms with E-state index in [-0.39, 0.29) is 23.8 Å². The second kappa shape index (κ2) is 13.4. The van der Waals surface area contributed by atoms with Gasteiger partial charge in [-0.25, -0.2) is 0 Å². The molecule has 232 valence electrons. The van der Waals surface area contributed by atoms with Gasteiger partial charge in [-0.3, -0.25) is 24.1 Å². The van der Waals surface area contributed by atoms with Gasteiger partial charge in [0.2, 0.25) is 11.8 Å². The number of benzene rings is 1. The SMILES string of the molecule is CC(C)CC(NC(=O)C(Cc1ccccc1)NC(=O)C(CC1CC1)NC(=O)c1cc(CN2CCC2)on1)C(=O)C1(C)CO1. The van der Waals surface area contributed by atoms with Crippen LogP contribution in [-0.2, 0) is 32.1 Å². The standard InChI is InChI=1S/C32H43N5O6/c1-20(2)14-24(28(38)32(3)19-42-32)33-29(39)25(15-21-8-5-4-6-9-21)34-30(40)26(16-22-10-11-22)35-31(41)27-17-23(43-36-27)18-37-12-7-13-37/h4-6,8-9,17,20,22,24-26H,7,10-16,18-19H2,1-3H3,(H,33,39)(H,34,40)(H,35,41). The summed E-state index contributed by atoms with van der Waals surface area (Å²) in [4.78, 5) is 55.9. The Balaban J connectivity index is 1.28. The minimum absolute atomic E-state index is 0.119. The zero-order valence-corrected chi connectivity index (χ0v) is 25.3. The van der Waals surface area contributed by atoms with Crippen molar-refractivity contribution >= 4 is 23.5 Å². The Labute approximate surface area is 252 Å². The lowest BCUT2D eigenvalue weighted by atomic mass is 9.93. The molecule has 3 fully saturated rings. The molecule has 5 rings (SSSR count). The molecular weight excluding hydrogens is 550 g/mol. The highest BCUT2D eigenvalue weighted by Gasteiger charge is 2.50. The van der Waals surface area contributed by atoms with Crippen molar-refractivity contribution < 1.29 is 28.4 Å². The zero-order valence-electron chi connectivity index (χ0n) is 25.3. The second-order valence-corrected chi connectivity index (χ2v) is 12.8. The fraction of sp³-hybridized carbons (Fsp3) is 0.594. The van der Waals surface area contributed by atoms with E-state index < -0.39 is 41.4 Å². The molecular formula is C32H43N5O6. The number of hydrogen-bond donors (Lipinski definition) is 3. The van der Waals surface area contributed by atoms with Gasteiger partial charge in [-0.1, -0.05) is 62.2 Å². The number of epoxide rings is 1. The fourth-order valence-corrected chi connectivity index (χ4v) is 5.33. The Kier molecular flexibility index (Phi) is 9.61. The summed E-state index contributed by atoms with van der Waals surface area (Å²) in [5.41, 5.74) is 0.0850. The van der Waals surface area contributed by atoms with Crippen molar-refractivity contribution in [1.29, 1.82) is 0 Å². The van der Waals surface area contributed by atoms with E-state index in [4.69, 9.17) is 9.26 Å². The first kappa shape index (κ1) is 30.9. The van der Waals surface area contributed by atoms with E-state index in [1.54, 1.807) is 13.0 Å². The minimum atomic E-state index is -0.959. The van der Waals surface area contributed by atoms with Gasteiger partial charge in [0.25, 0.3) is 5.91 Å². The van der Waals surface area contributed by atoms with E-state index in [0.717, 1.165) is 37.9 Å². The number of aromatic nitrogens is 1. The Morgan fingerprint density at radius 3 is 2.28 bits per heavy atom. The Morgan fingerprint density at radius 1 is 1.00 bits per heavy atom. The van der Waals surface area contributed by atoms with Crippen molar-refractivity contribution in [2.45, 2.75) is 89.6 Å². The first-order valence-corrected chi connectivity index (χ1v) is 15.4. The molecule has 0 bridgehead atoms. The van der Waals surface area contributed by atoms with Crippen LogP contribution in [0.3, 0.4) is 0 Å². The van der Waals surface area contributed by atoms with Gasteiger partial charge in [-0.05, 0) is 56.7 Å². The third-order valence-electron chi connectivity index (χ3n) is 8.36. The second-order valence-electron chi connectivity index (χ2n) is 12.8. The van der Waals surface area contributed by atoms with Crippen LogP contribution in [-0.4, -0.2) is 77.0 Å². The number of rotatable bonds is 16. The number of carbonyl (C=O) groups is 4. The smallest absolute Gasteiger partial charge is 0.274 e. The summed E-state index contributed by atoms with van der Waals surface area (Å²) in [6.45, 7) is 8.60. The number of ether oxygens (including phenoxy) is 1. The van der Waals surface area contributed by atoms with Gasteiger partial charge < -0.3 is 25.2 Å². The lowest BCUT2D eigenvalue weighted by molar-refractivity contribution is -0.133. The van der Waals surface area contributed by atoms with Gasteiger partial charge in [-0.15, -0.1) is 0 Å². The Morgan fingerprint density at radius 2 is 1.67 bits per heavy atom. The number of likely N-dealkylation sites (tertiary alicyclic amines) is 1. The molecule has 4 unspecified atom stereocenters. The molecule has 3 N–H and O–H groups in total. The number of ketones is 1. The van der Waals surface area contributed by atoms with E-state index in [1.807, 2.05) is 44.2 Å². The van der Waals surface area contributed by atoms with Crippen LogP contribution in [0.25, 0.3) is 0 Å². The maximum atomic E-state index is 13.7. The number of nitrogens with zero attached hydrogens (tertiary/aromatic N) is 2. The van der Waals surface area contributed by atoms with Crippen molar-refractivity contribution in [2.24, 2.45) is 11.8 Å². The highest BCUT2D eigenvalue weighted by molar-refractivity contribution is 5.99. The number of Topliss-reactive ketones (excluding diaryl/α,β-unsaturated/α-hetero) is 1. The van der Waals surface area contributed by atoms with Gasteiger partial charge in [0, 0.05) is 12.5 Å². The lowest BCUT2D eigenvalue weighted by Gasteiger charge is -2.29. The van der Waals surface area contributed by atoms with E-state index in [0.29, 0.717) is 37.7 Å². The number of hydrogen-bond acceptors (Lipinski definition) is 8. The summed E-state index contributed by atoms with van der Waals surface area (Å²) in [7, 11) is 0. The maximum Gasteiger partial charge on any atom is 0.274 e. The summed E-state index contributed by atoms with van der Waals surface area (Å²) >= 11 is 0. The quantitative estimate of drug-likeness (QED) is 0.252. The molecule has 2 saturated heterocycles. The van der Waals surface area contributed by atoms with Crippen molar-refractivity contribution in [3.63, 3.8) is 0 Å². The zero-order chi connectivity index (χ0) is 30.6. The minimum Gasteiger partial charge on any atom is -0.361 e. The van der Waals surface area contributed by atoms with Crippen LogP contribution in [0.5, 0.6) is 0 Å². The molecule has 3 amide bonds. The number of nitrogens with one attached hydrogen (secondary N) is 3. The monoisotopic (exact) mass is 593 g/mol. The van der Waals surface area contributed by atoms with Crippen LogP contribution in [0.2, 0.25) is 0 Å². The first-order valence-electron chi connectivity index (χ1n) is 15.4. The van der Waals surface area contributed by atoms with Gasteiger partial charge >= 0.3 is 0 Å².